The Labute approximate surface area is 131 Å². The molecular weight excluding hydrogens is 317 g/mol. The predicted octanol–water partition coefficient (Wildman–Crippen LogP) is 5.51. The molecule has 2 rings (SSSR count). The lowest BCUT2D eigenvalue weighted by Crippen LogP contribution is -2.03. The van der Waals surface area contributed by atoms with Crippen molar-refractivity contribution in [2.45, 2.75) is 12.6 Å². The summed E-state index contributed by atoms with van der Waals surface area (Å²) in [5.41, 5.74) is -0.706. The number of ether oxygens (including phenoxy) is 2. The van der Waals surface area contributed by atoms with Crippen LogP contribution in [0.1, 0.15) is 12.0 Å². The van der Waals surface area contributed by atoms with Crippen LogP contribution in [0.4, 0.5) is 13.2 Å². The van der Waals surface area contributed by atoms with E-state index < -0.39 is 11.7 Å². The molecule has 2 aromatic carbocycles. The molecule has 0 saturated heterocycles. The van der Waals surface area contributed by atoms with Crippen molar-refractivity contribution in [3.63, 3.8) is 0 Å². The molecule has 0 fully saturated rings. The lowest BCUT2D eigenvalue weighted by molar-refractivity contribution is -0.137. The first kappa shape index (κ1) is 16.5. The molecule has 0 aliphatic carbocycles. The van der Waals surface area contributed by atoms with Crippen molar-refractivity contribution in [1.82, 2.24) is 0 Å². The van der Waals surface area contributed by atoms with E-state index in [0.29, 0.717) is 29.7 Å². The van der Waals surface area contributed by atoms with Crippen molar-refractivity contribution in [2.24, 2.45) is 0 Å². The normalized spacial score (nSPS) is 11.3. The molecule has 0 heterocycles. The lowest BCUT2D eigenvalue weighted by atomic mass is 10.2. The van der Waals surface area contributed by atoms with Crippen molar-refractivity contribution in [1.29, 1.82) is 0 Å². The molecular formula is C16H14ClF3O2. The van der Waals surface area contributed by atoms with Gasteiger partial charge in [-0.25, -0.2) is 0 Å². The zero-order chi connectivity index (χ0) is 16.0. The van der Waals surface area contributed by atoms with E-state index >= 15 is 0 Å². The van der Waals surface area contributed by atoms with Gasteiger partial charge in [0.25, 0.3) is 0 Å². The van der Waals surface area contributed by atoms with Crippen LogP contribution >= 0.6 is 11.6 Å². The van der Waals surface area contributed by atoms with Gasteiger partial charge in [0.15, 0.2) is 0 Å². The van der Waals surface area contributed by atoms with Gasteiger partial charge in [-0.15, -0.1) is 11.6 Å². The van der Waals surface area contributed by atoms with Crippen LogP contribution in [0.2, 0.25) is 0 Å². The second-order valence-corrected chi connectivity index (χ2v) is 4.86. The van der Waals surface area contributed by atoms with Gasteiger partial charge in [0.05, 0.1) is 12.2 Å². The maximum Gasteiger partial charge on any atom is 0.416 e. The van der Waals surface area contributed by atoms with E-state index in [1.807, 2.05) is 0 Å². The monoisotopic (exact) mass is 330 g/mol. The zero-order valence-electron chi connectivity index (χ0n) is 11.6. The summed E-state index contributed by atoms with van der Waals surface area (Å²) >= 11 is 5.55. The number of hydrogen-bond donors (Lipinski definition) is 0. The maximum atomic E-state index is 12.5. The second kappa shape index (κ2) is 7.40. The molecule has 118 valence electrons. The topological polar surface area (TPSA) is 18.5 Å². The van der Waals surface area contributed by atoms with Crippen LogP contribution < -0.4 is 9.47 Å². The SMILES string of the molecule is FC(F)(F)c1ccc(Oc2ccc(OCCCCl)cc2)cc1. The zero-order valence-corrected chi connectivity index (χ0v) is 12.3. The molecule has 0 aliphatic rings. The highest BCUT2D eigenvalue weighted by atomic mass is 35.5. The number of hydrogen-bond acceptors (Lipinski definition) is 2. The summed E-state index contributed by atoms with van der Waals surface area (Å²) in [5.74, 6) is 2.08. The summed E-state index contributed by atoms with van der Waals surface area (Å²) in [5, 5.41) is 0. The first-order chi connectivity index (χ1) is 10.5. The summed E-state index contributed by atoms with van der Waals surface area (Å²) in [4.78, 5) is 0. The number of halogens is 4. The molecule has 0 aromatic heterocycles. The molecule has 0 spiro atoms. The number of benzene rings is 2. The van der Waals surface area contributed by atoms with Gasteiger partial charge < -0.3 is 9.47 Å². The third-order valence-electron chi connectivity index (χ3n) is 2.79. The van der Waals surface area contributed by atoms with Gasteiger partial charge in [-0.1, -0.05) is 0 Å². The maximum absolute atomic E-state index is 12.5. The summed E-state index contributed by atoms with van der Waals surface area (Å²) in [6.07, 6.45) is -3.59. The number of alkyl halides is 4. The Balaban J connectivity index is 1.96. The van der Waals surface area contributed by atoms with Gasteiger partial charge in [-0.05, 0) is 55.0 Å². The fourth-order valence-corrected chi connectivity index (χ4v) is 1.81. The van der Waals surface area contributed by atoms with Gasteiger partial charge in [-0.3, -0.25) is 0 Å². The highest BCUT2D eigenvalue weighted by molar-refractivity contribution is 6.17. The molecule has 0 aliphatic heterocycles. The number of rotatable bonds is 6. The van der Waals surface area contributed by atoms with Crippen molar-refractivity contribution < 1.29 is 22.6 Å². The van der Waals surface area contributed by atoms with Crippen LogP contribution in [0.25, 0.3) is 0 Å². The van der Waals surface area contributed by atoms with Crippen LogP contribution in [-0.2, 0) is 6.18 Å². The lowest BCUT2D eigenvalue weighted by Gasteiger charge is -2.10. The highest BCUT2D eigenvalue weighted by Gasteiger charge is 2.30. The minimum Gasteiger partial charge on any atom is -0.494 e. The van der Waals surface area contributed by atoms with Gasteiger partial charge in [0, 0.05) is 5.88 Å². The fraction of sp³-hybridized carbons (Fsp3) is 0.250. The summed E-state index contributed by atoms with van der Waals surface area (Å²) in [7, 11) is 0. The van der Waals surface area contributed by atoms with Gasteiger partial charge in [0.1, 0.15) is 17.2 Å². The quantitative estimate of drug-likeness (QED) is 0.514. The van der Waals surface area contributed by atoms with Crippen molar-refractivity contribution in [3.05, 3.63) is 54.1 Å². The standard InChI is InChI=1S/C16H14ClF3O2/c17-10-1-11-21-13-6-8-15(9-7-13)22-14-4-2-12(3-5-14)16(18,19)20/h2-9H,1,10-11H2. The molecule has 6 heteroatoms. The van der Waals surface area contributed by atoms with Crippen LogP contribution in [0.3, 0.4) is 0 Å². The fourth-order valence-electron chi connectivity index (χ4n) is 1.70. The summed E-state index contributed by atoms with van der Waals surface area (Å²) in [6, 6.07) is 11.4. The first-order valence-corrected chi connectivity index (χ1v) is 7.16. The van der Waals surface area contributed by atoms with Crippen LogP contribution in [0.15, 0.2) is 48.5 Å². The van der Waals surface area contributed by atoms with E-state index in [0.717, 1.165) is 18.6 Å². The molecule has 22 heavy (non-hydrogen) atoms. The Hall–Kier alpha value is -1.88. The summed E-state index contributed by atoms with van der Waals surface area (Å²) in [6.45, 7) is 0.530. The predicted molar refractivity (Wildman–Crippen MR) is 78.8 cm³/mol. The Morgan fingerprint density at radius 2 is 1.32 bits per heavy atom. The van der Waals surface area contributed by atoms with Gasteiger partial charge in [-0.2, -0.15) is 13.2 Å². The second-order valence-electron chi connectivity index (χ2n) is 4.49. The Morgan fingerprint density at radius 1 is 0.818 bits per heavy atom. The first-order valence-electron chi connectivity index (χ1n) is 6.63. The van der Waals surface area contributed by atoms with Crippen molar-refractivity contribution >= 4 is 11.6 Å². The van der Waals surface area contributed by atoms with E-state index in [-0.39, 0.29) is 0 Å². The smallest absolute Gasteiger partial charge is 0.416 e. The third-order valence-corrected chi connectivity index (χ3v) is 3.06. The Kier molecular flexibility index (Phi) is 5.55. The Morgan fingerprint density at radius 3 is 1.82 bits per heavy atom. The molecule has 2 aromatic rings. The molecule has 0 saturated carbocycles. The van der Waals surface area contributed by atoms with Gasteiger partial charge in [0.2, 0.25) is 0 Å². The molecule has 0 N–H and O–H groups in total. The minimum absolute atomic E-state index is 0.337. The molecule has 0 radical (unpaired) electrons. The van der Waals surface area contributed by atoms with Crippen LogP contribution in [0, 0.1) is 0 Å². The molecule has 0 amide bonds. The van der Waals surface area contributed by atoms with E-state index in [1.165, 1.54) is 12.1 Å². The summed E-state index contributed by atoms with van der Waals surface area (Å²) < 4.78 is 48.3. The van der Waals surface area contributed by atoms with Crippen LogP contribution in [-0.4, -0.2) is 12.5 Å². The van der Waals surface area contributed by atoms with E-state index in [1.54, 1.807) is 24.3 Å². The van der Waals surface area contributed by atoms with Crippen molar-refractivity contribution in [3.8, 4) is 17.2 Å². The highest BCUT2D eigenvalue weighted by Crippen LogP contribution is 2.31. The Bertz CT molecular complexity index is 580. The van der Waals surface area contributed by atoms with E-state index in [2.05, 4.69) is 0 Å². The molecule has 0 bridgehead atoms. The average molecular weight is 331 g/mol. The van der Waals surface area contributed by atoms with E-state index in [4.69, 9.17) is 21.1 Å². The minimum atomic E-state index is -4.35. The molecule has 0 atom stereocenters. The molecule has 2 nitrogen and oxygen atoms in total. The van der Waals surface area contributed by atoms with Crippen molar-refractivity contribution in [2.75, 3.05) is 12.5 Å². The van der Waals surface area contributed by atoms with Gasteiger partial charge >= 0.3 is 6.18 Å². The largest absolute Gasteiger partial charge is 0.494 e. The molecule has 0 unspecified atom stereocenters. The van der Waals surface area contributed by atoms with Crippen LogP contribution in [0.5, 0.6) is 17.2 Å². The van der Waals surface area contributed by atoms with E-state index in [9.17, 15) is 13.2 Å². The average Bonchev–Trinajstić information content (AvgIpc) is 2.49. The third kappa shape index (κ3) is 4.84.